The molecule has 0 spiro atoms. The van der Waals surface area contributed by atoms with Crippen LogP contribution in [0.2, 0.25) is 0 Å². The molecule has 0 atom stereocenters. The highest BCUT2D eigenvalue weighted by atomic mass is 19.1. The van der Waals surface area contributed by atoms with Crippen LogP contribution in [0.1, 0.15) is 24.8 Å². The van der Waals surface area contributed by atoms with Crippen molar-refractivity contribution in [3.8, 4) is 0 Å². The predicted molar refractivity (Wildman–Crippen MR) is 76.3 cm³/mol. The van der Waals surface area contributed by atoms with Crippen LogP contribution >= 0.6 is 0 Å². The van der Waals surface area contributed by atoms with E-state index < -0.39 is 5.82 Å². The molecule has 2 rings (SSSR count). The van der Waals surface area contributed by atoms with E-state index in [1.165, 1.54) is 11.0 Å². The summed E-state index contributed by atoms with van der Waals surface area (Å²) in [6.45, 7) is 0.780. The number of ether oxygens (including phenoxy) is 1. The summed E-state index contributed by atoms with van der Waals surface area (Å²) < 4.78 is 19.2. The first-order valence-corrected chi connectivity index (χ1v) is 7.03. The molecule has 1 aromatic carbocycles. The van der Waals surface area contributed by atoms with Gasteiger partial charge in [-0.3, -0.25) is 9.59 Å². The molecular formula is C15H19FN2O3. The number of halogens is 1. The molecule has 21 heavy (non-hydrogen) atoms. The highest BCUT2D eigenvalue weighted by Crippen LogP contribution is 2.23. The number of primary amides is 1. The highest BCUT2D eigenvalue weighted by Gasteiger charge is 2.22. The Hall–Kier alpha value is -1.95. The first kappa shape index (κ1) is 15.4. The van der Waals surface area contributed by atoms with Crippen molar-refractivity contribution in [2.45, 2.75) is 25.7 Å². The topological polar surface area (TPSA) is 72.6 Å². The van der Waals surface area contributed by atoms with Gasteiger partial charge in [0, 0.05) is 13.0 Å². The molecule has 1 fully saturated rings. The van der Waals surface area contributed by atoms with Crippen molar-refractivity contribution in [2.24, 2.45) is 5.73 Å². The Morgan fingerprint density at radius 2 is 2.19 bits per heavy atom. The zero-order valence-corrected chi connectivity index (χ0v) is 11.8. The van der Waals surface area contributed by atoms with E-state index in [0.717, 1.165) is 12.0 Å². The SMILES string of the molecule is NC(=O)CCCCc1ccc(N2CCOCC2=O)c(F)c1. The van der Waals surface area contributed by atoms with E-state index >= 15 is 0 Å². The van der Waals surface area contributed by atoms with Gasteiger partial charge in [-0.25, -0.2) is 4.39 Å². The summed E-state index contributed by atoms with van der Waals surface area (Å²) in [5, 5.41) is 0. The molecular weight excluding hydrogens is 275 g/mol. The molecule has 1 aromatic rings. The lowest BCUT2D eigenvalue weighted by Crippen LogP contribution is -2.42. The number of nitrogens with zero attached hydrogens (tertiary/aromatic N) is 1. The number of hydrogen-bond donors (Lipinski definition) is 1. The van der Waals surface area contributed by atoms with Gasteiger partial charge >= 0.3 is 0 Å². The molecule has 1 aliphatic rings. The van der Waals surface area contributed by atoms with Crippen LogP contribution in [0.3, 0.4) is 0 Å². The lowest BCUT2D eigenvalue weighted by atomic mass is 10.1. The normalized spacial score (nSPS) is 15.3. The number of carbonyl (C=O) groups is 2. The quantitative estimate of drug-likeness (QED) is 0.806. The van der Waals surface area contributed by atoms with E-state index in [0.29, 0.717) is 38.1 Å². The zero-order valence-electron chi connectivity index (χ0n) is 11.8. The van der Waals surface area contributed by atoms with Gasteiger partial charge < -0.3 is 15.4 Å². The second-order valence-corrected chi connectivity index (χ2v) is 5.06. The fraction of sp³-hybridized carbons (Fsp3) is 0.467. The van der Waals surface area contributed by atoms with Gasteiger partial charge in [0.05, 0.1) is 12.3 Å². The molecule has 0 radical (unpaired) electrons. The molecule has 5 nitrogen and oxygen atoms in total. The monoisotopic (exact) mass is 294 g/mol. The Labute approximate surface area is 122 Å². The summed E-state index contributed by atoms with van der Waals surface area (Å²) in [5.74, 6) is -0.950. The molecule has 0 saturated carbocycles. The molecule has 2 amide bonds. The maximum atomic E-state index is 14.1. The molecule has 0 aliphatic carbocycles. The van der Waals surface area contributed by atoms with Gasteiger partial charge in [0.15, 0.2) is 0 Å². The van der Waals surface area contributed by atoms with Crippen LogP contribution in [-0.4, -0.2) is 31.6 Å². The number of nitrogens with two attached hydrogens (primary N) is 1. The summed E-state index contributed by atoms with van der Waals surface area (Å²) in [6.07, 6.45) is 2.50. The number of anilines is 1. The maximum Gasteiger partial charge on any atom is 0.253 e. The Bertz CT molecular complexity index is 534. The average Bonchev–Trinajstić information content (AvgIpc) is 2.45. The highest BCUT2D eigenvalue weighted by molar-refractivity contribution is 5.94. The minimum atomic E-state index is -0.405. The fourth-order valence-corrected chi connectivity index (χ4v) is 2.33. The molecule has 6 heteroatoms. The van der Waals surface area contributed by atoms with Gasteiger partial charge in [-0.2, -0.15) is 0 Å². The Kier molecular flexibility index (Phi) is 5.27. The molecule has 0 aromatic heterocycles. The second-order valence-electron chi connectivity index (χ2n) is 5.06. The van der Waals surface area contributed by atoms with Crippen molar-refractivity contribution in [2.75, 3.05) is 24.7 Å². The standard InChI is InChI=1S/C15H19FN2O3/c16-12-9-11(3-1-2-4-14(17)19)5-6-13(12)18-7-8-21-10-15(18)20/h5-6,9H,1-4,7-8,10H2,(H2,17,19). The second kappa shape index (κ2) is 7.17. The number of benzene rings is 1. The number of carbonyl (C=O) groups excluding carboxylic acids is 2. The molecule has 114 valence electrons. The van der Waals surface area contributed by atoms with Gasteiger partial charge in [0.2, 0.25) is 5.91 Å². The summed E-state index contributed by atoms with van der Waals surface area (Å²) in [7, 11) is 0. The third-order valence-corrected chi connectivity index (χ3v) is 3.43. The number of rotatable bonds is 6. The number of morpholine rings is 1. The number of amides is 2. The molecule has 1 aliphatic heterocycles. The van der Waals surface area contributed by atoms with Crippen LogP contribution in [0.5, 0.6) is 0 Å². The minimum Gasteiger partial charge on any atom is -0.370 e. The van der Waals surface area contributed by atoms with Crippen LogP contribution in [0, 0.1) is 5.82 Å². The zero-order chi connectivity index (χ0) is 15.2. The van der Waals surface area contributed by atoms with E-state index in [4.69, 9.17) is 10.5 Å². The molecule has 1 saturated heterocycles. The van der Waals surface area contributed by atoms with Crippen molar-refractivity contribution >= 4 is 17.5 Å². The van der Waals surface area contributed by atoms with Crippen molar-refractivity contribution in [3.05, 3.63) is 29.6 Å². The number of unbranched alkanes of at least 4 members (excludes halogenated alkanes) is 1. The Morgan fingerprint density at radius 3 is 2.86 bits per heavy atom. The van der Waals surface area contributed by atoms with Crippen LogP contribution in [0.4, 0.5) is 10.1 Å². The first-order valence-electron chi connectivity index (χ1n) is 7.03. The summed E-state index contributed by atoms with van der Waals surface area (Å²) >= 11 is 0. The van der Waals surface area contributed by atoms with E-state index in [9.17, 15) is 14.0 Å². The van der Waals surface area contributed by atoms with E-state index in [1.807, 2.05) is 6.07 Å². The third-order valence-electron chi connectivity index (χ3n) is 3.43. The smallest absolute Gasteiger partial charge is 0.253 e. The van der Waals surface area contributed by atoms with Gasteiger partial charge in [0.25, 0.3) is 5.91 Å². The molecule has 0 bridgehead atoms. The fourth-order valence-electron chi connectivity index (χ4n) is 2.33. The van der Waals surface area contributed by atoms with E-state index in [-0.39, 0.29) is 18.4 Å². The van der Waals surface area contributed by atoms with Crippen molar-refractivity contribution in [3.63, 3.8) is 0 Å². The van der Waals surface area contributed by atoms with Gasteiger partial charge in [-0.15, -0.1) is 0 Å². The Balaban J connectivity index is 1.97. The summed E-state index contributed by atoms with van der Waals surface area (Å²) in [6, 6.07) is 4.88. The van der Waals surface area contributed by atoms with Crippen molar-refractivity contribution in [1.29, 1.82) is 0 Å². The summed E-state index contributed by atoms with van der Waals surface area (Å²) in [4.78, 5) is 23.7. The van der Waals surface area contributed by atoms with Gasteiger partial charge in [0.1, 0.15) is 12.4 Å². The lowest BCUT2D eigenvalue weighted by molar-refractivity contribution is -0.125. The van der Waals surface area contributed by atoms with Crippen LogP contribution in [0.15, 0.2) is 18.2 Å². The Morgan fingerprint density at radius 1 is 1.38 bits per heavy atom. The molecule has 0 unspecified atom stereocenters. The first-order chi connectivity index (χ1) is 10.1. The van der Waals surface area contributed by atoms with Gasteiger partial charge in [-0.05, 0) is 37.0 Å². The third kappa shape index (κ3) is 4.26. The van der Waals surface area contributed by atoms with Crippen LogP contribution in [-0.2, 0) is 20.7 Å². The predicted octanol–water partition coefficient (Wildman–Crippen LogP) is 1.39. The van der Waals surface area contributed by atoms with Gasteiger partial charge in [-0.1, -0.05) is 6.07 Å². The van der Waals surface area contributed by atoms with Crippen LogP contribution < -0.4 is 10.6 Å². The maximum absolute atomic E-state index is 14.1. The lowest BCUT2D eigenvalue weighted by Gasteiger charge is -2.27. The summed E-state index contributed by atoms with van der Waals surface area (Å²) in [5.41, 5.74) is 6.21. The largest absolute Gasteiger partial charge is 0.370 e. The number of hydrogen-bond acceptors (Lipinski definition) is 3. The molecule has 1 heterocycles. The van der Waals surface area contributed by atoms with E-state index in [1.54, 1.807) is 6.07 Å². The number of aryl methyl sites for hydroxylation is 1. The van der Waals surface area contributed by atoms with Crippen molar-refractivity contribution < 1.29 is 18.7 Å². The van der Waals surface area contributed by atoms with Crippen molar-refractivity contribution in [1.82, 2.24) is 0 Å². The van der Waals surface area contributed by atoms with E-state index in [2.05, 4.69) is 0 Å². The minimum absolute atomic E-state index is 0.00565. The molecule has 2 N–H and O–H groups in total. The average molecular weight is 294 g/mol. The van der Waals surface area contributed by atoms with Crippen LogP contribution in [0.25, 0.3) is 0 Å².